The number of benzene rings is 2. The average Bonchev–Trinajstić information content (AvgIpc) is 2.94. The molecule has 2 aromatic rings. The summed E-state index contributed by atoms with van der Waals surface area (Å²) in [6.07, 6.45) is 3.44. The first-order valence-electron chi connectivity index (χ1n) is 7.89. The Morgan fingerprint density at radius 1 is 1.19 bits per heavy atom. The molecule has 0 saturated carbocycles. The van der Waals surface area contributed by atoms with Crippen LogP contribution in [0.4, 0.5) is 5.69 Å². The number of hydrogen-bond donors (Lipinski definition) is 0. The average molecular weight is 383 g/mol. The van der Waals surface area contributed by atoms with Gasteiger partial charge >= 0.3 is 0 Å². The Morgan fingerprint density at radius 3 is 2.65 bits per heavy atom. The molecule has 4 nitrogen and oxygen atoms in total. The van der Waals surface area contributed by atoms with Crippen LogP contribution in [-0.2, 0) is 4.79 Å². The summed E-state index contributed by atoms with van der Waals surface area (Å²) < 4.78 is 11.6. The molecule has 0 spiro atoms. The molecule has 6 heteroatoms. The van der Waals surface area contributed by atoms with Crippen molar-refractivity contribution in [2.24, 2.45) is 0 Å². The van der Waals surface area contributed by atoms with Gasteiger partial charge in [-0.15, -0.1) is 0 Å². The van der Waals surface area contributed by atoms with Crippen LogP contribution in [0.5, 0.6) is 11.5 Å². The van der Waals surface area contributed by atoms with Crippen molar-refractivity contribution in [3.8, 4) is 11.5 Å². The minimum absolute atomic E-state index is 0.149. The molecular weight excluding hydrogens is 366 g/mol. The van der Waals surface area contributed by atoms with E-state index in [1.807, 2.05) is 48.5 Å². The summed E-state index contributed by atoms with van der Waals surface area (Å²) in [5, 5.41) is 0. The summed E-state index contributed by atoms with van der Waals surface area (Å²) in [5.41, 5.74) is 1.51. The molecule has 1 amide bonds. The van der Waals surface area contributed by atoms with Crippen LogP contribution in [0.3, 0.4) is 0 Å². The van der Waals surface area contributed by atoms with Crippen molar-refractivity contribution in [3.63, 3.8) is 0 Å². The van der Waals surface area contributed by atoms with Crippen LogP contribution in [0.25, 0.3) is 6.08 Å². The molecule has 0 atom stereocenters. The molecule has 1 heterocycles. The highest BCUT2D eigenvalue weighted by Crippen LogP contribution is 2.39. The summed E-state index contributed by atoms with van der Waals surface area (Å²) in [5.74, 6) is 1.02. The van der Waals surface area contributed by atoms with Crippen LogP contribution in [0.15, 0.2) is 66.1 Å². The first-order chi connectivity index (χ1) is 12.7. The number of amides is 1. The molecule has 1 fully saturated rings. The fraction of sp³-hybridized carbons (Fsp3) is 0.100. The summed E-state index contributed by atoms with van der Waals surface area (Å²) in [4.78, 5) is 14.9. The number of ether oxygens (including phenoxy) is 2. The van der Waals surface area contributed by atoms with Crippen molar-refractivity contribution in [1.29, 1.82) is 0 Å². The predicted octanol–water partition coefficient (Wildman–Crippen LogP) is 4.67. The Kier molecular flexibility index (Phi) is 5.75. The molecule has 3 rings (SSSR count). The molecule has 1 aliphatic heterocycles. The summed E-state index contributed by atoms with van der Waals surface area (Å²) in [6.45, 7) is 4.01. The van der Waals surface area contributed by atoms with Crippen LogP contribution < -0.4 is 14.4 Å². The summed E-state index contributed by atoms with van der Waals surface area (Å²) >= 11 is 6.67. The fourth-order valence-electron chi connectivity index (χ4n) is 2.51. The standard InChI is InChI=1S/C20H17NO3S2/c1-3-12-24-18-14(8-7-11-16(18)23-2)13-17-19(22)21(20(25)26-17)15-9-5-4-6-10-15/h3-11,13H,1,12H2,2H3/b17-13-. The molecular formula is C20H17NO3S2. The van der Waals surface area contributed by atoms with E-state index in [0.717, 1.165) is 11.3 Å². The van der Waals surface area contributed by atoms with Gasteiger partial charge in [-0.05, 0) is 24.3 Å². The molecule has 26 heavy (non-hydrogen) atoms. The van der Waals surface area contributed by atoms with Gasteiger partial charge in [0.1, 0.15) is 6.61 Å². The zero-order valence-corrected chi connectivity index (χ0v) is 15.8. The summed E-state index contributed by atoms with van der Waals surface area (Å²) in [7, 11) is 1.58. The highest BCUT2D eigenvalue weighted by molar-refractivity contribution is 8.27. The molecule has 0 radical (unpaired) electrons. The maximum atomic E-state index is 12.9. The van der Waals surface area contributed by atoms with Gasteiger partial charge in [-0.3, -0.25) is 9.69 Å². The molecule has 0 aliphatic carbocycles. The van der Waals surface area contributed by atoms with E-state index in [1.165, 1.54) is 16.7 Å². The van der Waals surface area contributed by atoms with Crippen LogP contribution in [0.2, 0.25) is 0 Å². The normalized spacial score (nSPS) is 15.4. The number of anilines is 1. The van der Waals surface area contributed by atoms with E-state index < -0.39 is 0 Å². The molecule has 2 aromatic carbocycles. The van der Waals surface area contributed by atoms with Gasteiger partial charge in [-0.2, -0.15) is 0 Å². The Bertz CT molecular complexity index is 878. The van der Waals surface area contributed by atoms with E-state index in [9.17, 15) is 4.79 Å². The zero-order valence-electron chi connectivity index (χ0n) is 14.2. The van der Waals surface area contributed by atoms with Crippen molar-refractivity contribution < 1.29 is 14.3 Å². The van der Waals surface area contributed by atoms with Gasteiger partial charge < -0.3 is 9.47 Å². The van der Waals surface area contributed by atoms with Crippen molar-refractivity contribution in [3.05, 3.63) is 71.7 Å². The highest BCUT2D eigenvalue weighted by Gasteiger charge is 2.33. The van der Waals surface area contributed by atoms with Crippen LogP contribution in [-0.4, -0.2) is 23.9 Å². The Hall–Kier alpha value is -2.57. The predicted molar refractivity (Wildman–Crippen MR) is 111 cm³/mol. The van der Waals surface area contributed by atoms with Gasteiger partial charge in [0.15, 0.2) is 15.8 Å². The second kappa shape index (κ2) is 8.21. The third-order valence-corrected chi connectivity index (χ3v) is 4.97. The van der Waals surface area contributed by atoms with E-state index >= 15 is 0 Å². The van der Waals surface area contributed by atoms with Gasteiger partial charge in [0, 0.05) is 5.56 Å². The molecule has 0 unspecified atom stereocenters. The largest absolute Gasteiger partial charge is 0.493 e. The third kappa shape index (κ3) is 3.66. The van der Waals surface area contributed by atoms with Gasteiger partial charge in [0.25, 0.3) is 5.91 Å². The number of nitrogens with zero attached hydrogens (tertiary/aromatic N) is 1. The monoisotopic (exact) mass is 383 g/mol. The maximum absolute atomic E-state index is 12.9. The highest BCUT2D eigenvalue weighted by atomic mass is 32.2. The lowest BCUT2D eigenvalue weighted by atomic mass is 10.1. The van der Waals surface area contributed by atoms with Crippen LogP contribution >= 0.6 is 24.0 Å². The van der Waals surface area contributed by atoms with Crippen molar-refractivity contribution >= 4 is 46.0 Å². The SMILES string of the molecule is C=CCOc1c(/C=C2\SC(=S)N(c3ccccc3)C2=O)cccc1OC. The van der Waals surface area contributed by atoms with Gasteiger partial charge in [-0.1, -0.05) is 67.0 Å². The number of thioether (sulfide) groups is 1. The van der Waals surface area contributed by atoms with Gasteiger partial charge in [-0.25, -0.2) is 0 Å². The van der Waals surface area contributed by atoms with Crippen LogP contribution in [0, 0.1) is 0 Å². The van der Waals surface area contributed by atoms with Crippen molar-refractivity contribution in [1.82, 2.24) is 0 Å². The number of methoxy groups -OCH3 is 1. The topological polar surface area (TPSA) is 38.8 Å². The number of carbonyl (C=O) groups excluding carboxylic acids is 1. The van der Waals surface area contributed by atoms with E-state index in [2.05, 4.69) is 6.58 Å². The second-order valence-corrected chi connectivity index (χ2v) is 7.01. The molecule has 1 aliphatic rings. The molecule has 1 saturated heterocycles. The number of rotatable bonds is 6. The van der Waals surface area contributed by atoms with Crippen LogP contribution in [0.1, 0.15) is 5.56 Å². The van der Waals surface area contributed by atoms with E-state index in [-0.39, 0.29) is 5.91 Å². The lowest BCUT2D eigenvalue weighted by molar-refractivity contribution is -0.113. The van der Waals surface area contributed by atoms with E-state index in [1.54, 1.807) is 19.3 Å². The fourth-order valence-corrected chi connectivity index (χ4v) is 3.80. The lowest BCUT2D eigenvalue weighted by Crippen LogP contribution is -2.27. The minimum atomic E-state index is -0.149. The molecule has 0 bridgehead atoms. The van der Waals surface area contributed by atoms with E-state index in [0.29, 0.717) is 27.3 Å². The third-order valence-electron chi connectivity index (χ3n) is 3.67. The minimum Gasteiger partial charge on any atom is -0.493 e. The van der Waals surface area contributed by atoms with E-state index in [4.69, 9.17) is 21.7 Å². The Balaban J connectivity index is 1.97. The smallest absolute Gasteiger partial charge is 0.270 e. The number of para-hydroxylation sites is 2. The first kappa shape index (κ1) is 18.2. The van der Waals surface area contributed by atoms with Crippen molar-refractivity contribution in [2.75, 3.05) is 18.6 Å². The Morgan fingerprint density at radius 2 is 1.96 bits per heavy atom. The maximum Gasteiger partial charge on any atom is 0.270 e. The first-order valence-corrected chi connectivity index (χ1v) is 9.12. The lowest BCUT2D eigenvalue weighted by Gasteiger charge is -2.14. The quantitative estimate of drug-likeness (QED) is 0.412. The molecule has 0 aromatic heterocycles. The molecule has 132 valence electrons. The number of hydrogen-bond acceptors (Lipinski definition) is 5. The zero-order chi connectivity index (χ0) is 18.5. The number of thiocarbonyl (C=S) groups is 1. The summed E-state index contributed by atoms with van der Waals surface area (Å²) in [6, 6.07) is 14.9. The van der Waals surface area contributed by atoms with Gasteiger partial charge in [0.05, 0.1) is 17.7 Å². The second-order valence-electron chi connectivity index (χ2n) is 5.33. The number of carbonyl (C=O) groups is 1. The van der Waals surface area contributed by atoms with Crippen molar-refractivity contribution in [2.45, 2.75) is 0 Å². The Labute approximate surface area is 162 Å². The molecule has 0 N–H and O–H groups in total. The van der Waals surface area contributed by atoms with Gasteiger partial charge in [0.2, 0.25) is 0 Å².